The number of anilines is 2. The quantitative estimate of drug-likeness (QED) is 0.247. The van der Waals surface area contributed by atoms with Crippen LogP contribution in [0, 0.1) is 13.8 Å². The monoisotopic (exact) mass is 556 g/mol. The molecule has 0 saturated carbocycles. The molecule has 0 unspecified atom stereocenters. The van der Waals surface area contributed by atoms with E-state index in [1.165, 1.54) is 0 Å². The number of fused-ring (bicyclic) bond motifs is 1. The van der Waals surface area contributed by atoms with E-state index in [4.69, 9.17) is 9.72 Å². The fraction of sp³-hybridized carbons (Fsp3) is 0.171. The first-order valence-corrected chi connectivity index (χ1v) is 14.0. The number of hydrogen-bond acceptors (Lipinski definition) is 4. The molecule has 0 radical (unpaired) electrons. The minimum absolute atomic E-state index is 0.00422. The highest BCUT2D eigenvalue weighted by Crippen LogP contribution is 2.32. The maximum Gasteiger partial charge on any atom is 0.256 e. The van der Waals surface area contributed by atoms with Crippen LogP contribution in [0.3, 0.4) is 0 Å². The number of nitrogens with one attached hydrogen (secondary N) is 1. The first-order valence-electron chi connectivity index (χ1n) is 14.0. The van der Waals surface area contributed by atoms with Gasteiger partial charge in [0.2, 0.25) is 5.91 Å². The van der Waals surface area contributed by atoms with Gasteiger partial charge in [-0.3, -0.25) is 9.59 Å². The molecule has 210 valence electrons. The lowest BCUT2D eigenvalue weighted by Gasteiger charge is -2.18. The zero-order valence-electron chi connectivity index (χ0n) is 23.9. The topological polar surface area (TPSA) is 76.5 Å². The third-order valence-corrected chi connectivity index (χ3v) is 7.73. The molecule has 1 aliphatic heterocycles. The van der Waals surface area contributed by atoms with Crippen LogP contribution in [0.4, 0.5) is 11.4 Å². The van der Waals surface area contributed by atoms with Gasteiger partial charge in [-0.1, -0.05) is 36.4 Å². The summed E-state index contributed by atoms with van der Waals surface area (Å²) in [4.78, 5) is 33.3. The highest BCUT2D eigenvalue weighted by atomic mass is 16.5. The second-order valence-corrected chi connectivity index (χ2v) is 10.5. The first-order chi connectivity index (χ1) is 20.4. The summed E-state index contributed by atoms with van der Waals surface area (Å²) >= 11 is 0. The zero-order chi connectivity index (χ0) is 29.2. The van der Waals surface area contributed by atoms with Crippen LogP contribution >= 0.6 is 0 Å². The van der Waals surface area contributed by atoms with Gasteiger partial charge in [0.25, 0.3) is 5.91 Å². The zero-order valence-corrected chi connectivity index (χ0v) is 23.9. The average molecular weight is 557 g/mol. The molecule has 2 aromatic heterocycles. The van der Waals surface area contributed by atoms with E-state index in [0.717, 1.165) is 57.4 Å². The molecular weight excluding hydrogens is 524 g/mol. The molecule has 0 atom stereocenters. The van der Waals surface area contributed by atoms with Gasteiger partial charge in [0.05, 0.1) is 19.2 Å². The number of aryl methyl sites for hydroxylation is 2. The molecule has 0 spiro atoms. The Hall–Kier alpha value is -5.17. The number of carbonyl (C=O) groups is 2. The van der Waals surface area contributed by atoms with Gasteiger partial charge in [0, 0.05) is 34.9 Å². The molecule has 6 rings (SSSR count). The third-order valence-electron chi connectivity index (χ3n) is 7.73. The number of rotatable bonds is 7. The van der Waals surface area contributed by atoms with Gasteiger partial charge >= 0.3 is 0 Å². The summed E-state index contributed by atoms with van der Waals surface area (Å²) in [5, 5.41) is 3.05. The smallest absolute Gasteiger partial charge is 0.256 e. The average Bonchev–Trinajstić information content (AvgIpc) is 3.59. The van der Waals surface area contributed by atoms with Gasteiger partial charge in [-0.25, -0.2) is 4.98 Å². The highest BCUT2D eigenvalue weighted by molar-refractivity contribution is 6.09. The van der Waals surface area contributed by atoms with E-state index < -0.39 is 0 Å². The number of benzene rings is 3. The summed E-state index contributed by atoms with van der Waals surface area (Å²) in [6.07, 6.45) is 0.940. The van der Waals surface area contributed by atoms with Crippen LogP contribution in [0.1, 0.15) is 33.0 Å². The Morgan fingerprint density at radius 1 is 0.881 bits per heavy atom. The largest absolute Gasteiger partial charge is 0.497 e. The molecule has 1 aliphatic rings. The number of amides is 2. The minimum Gasteiger partial charge on any atom is -0.497 e. The van der Waals surface area contributed by atoms with Crippen LogP contribution in [0.2, 0.25) is 0 Å². The fourth-order valence-corrected chi connectivity index (χ4v) is 5.61. The summed E-state index contributed by atoms with van der Waals surface area (Å²) in [6, 6.07) is 30.9. The van der Waals surface area contributed by atoms with E-state index in [0.29, 0.717) is 17.8 Å². The Bertz CT molecular complexity index is 1770. The molecule has 7 nitrogen and oxygen atoms in total. The van der Waals surface area contributed by atoms with Crippen molar-refractivity contribution in [3.8, 4) is 22.7 Å². The van der Waals surface area contributed by atoms with Crippen molar-refractivity contribution in [3.05, 3.63) is 125 Å². The van der Waals surface area contributed by atoms with Crippen molar-refractivity contribution in [2.45, 2.75) is 26.7 Å². The van der Waals surface area contributed by atoms with E-state index in [1.807, 2.05) is 104 Å². The number of ether oxygens (including phenoxy) is 1. The van der Waals surface area contributed by atoms with E-state index in [9.17, 15) is 9.59 Å². The Morgan fingerprint density at radius 3 is 2.40 bits per heavy atom. The lowest BCUT2D eigenvalue weighted by Crippen LogP contribution is -2.30. The Balaban J connectivity index is 1.16. The molecule has 1 N–H and O–H groups in total. The molecule has 42 heavy (non-hydrogen) atoms. The van der Waals surface area contributed by atoms with Crippen LogP contribution < -0.4 is 15.0 Å². The first kappa shape index (κ1) is 27.0. The van der Waals surface area contributed by atoms with Gasteiger partial charge in [-0.15, -0.1) is 0 Å². The van der Waals surface area contributed by atoms with Crippen molar-refractivity contribution in [2.75, 3.05) is 23.9 Å². The molecule has 0 bridgehead atoms. The van der Waals surface area contributed by atoms with Crippen LogP contribution in [0.25, 0.3) is 16.9 Å². The second-order valence-electron chi connectivity index (χ2n) is 10.5. The fourth-order valence-electron chi connectivity index (χ4n) is 5.61. The minimum atomic E-state index is -0.189. The van der Waals surface area contributed by atoms with Crippen molar-refractivity contribution in [1.82, 2.24) is 9.55 Å². The Labute approximate surface area is 245 Å². The number of carbonyl (C=O) groups excluding carboxylic acids is 2. The van der Waals surface area contributed by atoms with Gasteiger partial charge < -0.3 is 19.5 Å². The van der Waals surface area contributed by atoms with Crippen molar-refractivity contribution in [1.29, 1.82) is 0 Å². The van der Waals surface area contributed by atoms with Gasteiger partial charge in [0.1, 0.15) is 11.6 Å². The summed E-state index contributed by atoms with van der Waals surface area (Å²) in [6.45, 7) is 4.69. The number of pyridine rings is 1. The Morgan fingerprint density at radius 2 is 1.64 bits per heavy atom. The number of nitrogens with zero attached hydrogens (tertiary/aromatic N) is 3. The summed E-state index contributed by atoms with van der Waals surface area (Å²) in [5.74, 6) is 1.39. The molecule has 3 aromatic carbocycles. The summed E-state index contributed by atoms with van der Waals surface area (Å²) in [5.41, 5.74) is 7.91. The van der Waals surface area contributed by atoms with Crippen LogP contribution in [-0.4, -0.2) is 35.0 Å². The predicted octanol–water partition coefficient (Wildman–Crippen LogP) is 6.55. The summed E-state index contributed by atoms with van der Waals surface area (Å²) < 4.78 is 7.36. The number of methoxy groups -OCH3 is 1. The van der Waals surface area contributed by atoms with Crippen molar-refractivity contribution in [2.24, 2.45) is 0 Å². The molecule has 0 fully saturated rings. The van der Waals surface area contributed by atoms with E-state index in [1.54, 1.807) is 7.11 Å². The van der Waals surface area contributed by atoms with Gasteiger partial charge in [0.15, 0.2) is 0 Å². The summed E-state index contributed by atoms with van der Waals surface area (Å²) in [7, 11) is 1.63. The molecular formula is C35H32N4O3. The predicted molar refractivity (Wildman–Crippen MR) is 166 cm³/mol. The number of aromatic nitrogens is 2. The van der Waals surface area contributed by atoms with Crippen LogP contribution in [0.5, 0.6) is 5.75 Å². The maximum atomic E-state index is 13.4. The maximum absolute atomic E-state index is 13.4. The highest BCUT2D eigenvalue weighted by Gasteiger charge is 2.26. The standard InChI is InChI=1S/C35H32N4O3/c1-23-11-12-24(2)39(23)33-10-6-7-27(36-33)22-34(40)38-20-19-26-21-28(15-18-32(26)38)37-35(41)31-9-5-4-8-30(31)25-13-16-29(42-3)17-14-25/h4-18,21H,19-20,22H2,1-3H3,(H,37,41). The van der Waals surface area contributed by atoms with Gasteiger partial charge in [-0.05, 0) is 97.6 Å². The van der Waals surface area contributed by atoms with Crippen molar-refractivity contribution in [3.63, 3.8) is 0 Å². The van der Waals surface area contributed by atoms with Crippen LogP contribution in [0.15, 0.2) is 97.1 Å². The Kier molecular flexibility index (Phi) is 7.32. The second kappa shape index (κ2) is 11.4. The molecule has 5 aromatic rings. The third kappa shape index (κ3) is 5.29. The normalized spacial score (nSPS) is 12.2. The molecule has 3 heterocycles. The van der Waals surface area contributed by atoms with E-state index >= 15 is 0 Å². The van der Waals surface area contributed by atoms with Gasteiger partial charge in [-0.2, -0.15) is 0 Å². The van der Waals surface area contributed by atoms with E-state index in [-0.39, 0.29) is 18.2 Å². The number of hydrogen-bond donors (Lipinski definition) is 1. The lowest BCUT2D eigenvalue weighted by atomic mass is 9.99. The lowest BCUT2D eigenvalue weighted by molar-refractivity contribution is -0.117. The molecule has 0 saturated heterocycles. The van der Waals surface area contributed by atoms with E-state index in [2.05, 4.69) is 22.0 Å². The SMILES string of the molecule is COc1ccc(-c2ccccc2C(=O)Nc2ccc3c(c2)CCN3C(=O)Cc2cccc(-n3c(C)ccc3C)n2)cc1. The molecule has 2 amide bonds. The van der Waals surface area contributed by atoms with Crippen molar-refractivity contribution >= 4 is 23.2 Å². The molecule has 0 aliphatic carbocycles. The van der Waals surface area contributed by atoms with Crippen LogP contribution in [-0.2, 0) is 17.6 Å². The van der Waals surface area contributed by atoms with Crippen molar-refractivity contribution < 1.29 is 14.3 Å². The molecule has 7 heteroatoms.